The molecule has 5 heteroatoms. The van der Waals surface area contributed by atoms with Gasteiger partial charge < -0.3 is 10.1 Å². The van der Waals surface area contributed by atoms with Gasteiger partial charge in [0.2, 0.25) is 0 Å². The molecule has 1 fully saturated rings. The molecule has 0 amide bonds. The summed E-state index contributed by atoms with van der Waals surface area (Å²) in [7, 11) is 0. The van der Waals surface area contributed by atoms with E-state index in [0.29, 0.717) is 24.8 Å². The second kappa shape index (κ2) is 7.98. The number of benzene rings is 1. The van der Waals surface area contributed by atoms with Crippen LogP contribution in [0, 0.1) is 16.0 Å². The van der Waals surface area contributed by atoms with E-state index in [0.717, 1.165) is 12.2 Å². The summed E-state index contributed by atoms with van der Waals surface area (Å²) in [6.07, 6.45) is 6.43. The van der Waals surface area contributed by atoms with Crippen molar-refractivity contribution in [3.05, 3.63) is 33.9 Å². The van der Waals surface area contributed by atoms with Crippen molar-refractivity contribution in [2.45, 2.75) is 45.6 Å². The lowest BCUT2D eigenvalue weighted by Crippen LogP contribution is -2.14. The van der Waals surface area contributed by atoms with Gasteiger partial charge in [-0.25, -0.2) is 0 Å². The third kappa shape index (κ3) is 4.43. The van der Waals surface area contributed by atoms with Crippen molar-refractivity contribution in [3.63, 3.8) is 0 Å². The third-order valence-electron chi connectivity index (χ3n) is 4.01. The van der Waals surface area contributed by atoms with E-state index in [9.17, 15) is 10.1 Å². The fraction of sp³-hybridized carbons (Fsp3) is 0.625. The molecular formula is C16H24N2O3. The van der Waals surface area contributed by atoms with E-state index >= 15 is 0 Å². The summed E-state index contributed by atoms with van der Waals surface area (Å²) < 4.78 is 5.82. The van der Waals surface area contributed by atoms with Gasteiger partial charge in [0.25, 0.3) is 5.69 Å². The molecule has 0 atom stereocenters. The molecule has 116 valence electrons. The highest BCUT2D eigenvalue weighted by Crippen LogP contribution is 2.29. The molecule has 1 aromatic rings. The van der Waals surface area contributed by atoms with E-state index < -0.39 is 0 Å². The Hall–Kier alpha value is -1.62. The van der Waals surface area contributed by atoms with E-state index in [1.807, 2.05) is 13.0 Å². The van der Waals surface area contributed by atoms with Crippen molar-refractivity contribution in [1.29, 1.82) is 0 Å². The maximum Gasteiger partial charge on any atom is 0.292 e. The molecule has 0 spiro atoms. The van der Waals surface area contributed by atoms with Gasteiger partial charge in [-0.2, -0.15) is 0 Å². The fourth-order valence-electron chi connectivity index (χ4n) is 2.93. The zero-order valence-corrected chi connectivity index (χ0v) is 12.6. The van der Waals surface area contributed by atoms with Crippen LogP contribution in [0.25, 0.3) is 0 Å². The number of para-hydroxylation sites is 1. The Morgan fingerprint density at radius 3 is 2.76 bits per heavy atom. The molecule has 1 aliphatic rings. The van der Waals surface area contributed by atoms with Gasteiger partial charge in [-0.3, -0.25) is 10.1 Å². The molecule has 0 aliphatic heterocycles. The number of nitrogens with zero attached hydrogens (tertiary/aromatic N) is 1. The molecule has 5 nitrogen and oxygen atoms in total. The minimum atomic E-state index is -0.345. The number of rotatable bonds is 7. The van der Waals surface area contributed by atoms with E-state index in [2.05, 4.69) is 5.32 Å². The Morgan fingerprint density at radius 2 is 2.10 bits per heavy atom. The molecule has 1 saturated carbocycles. The van der Waals surface area contributed by atoms with Crippen molar-refractivity contribution >= 4 is 11.4 Å². The minimum absolute atomic E-state index is 0.121. The highest BCUT2D eigenvalue weighted by Gasteiger charge is 2.18. The standard InChI is InChI=1S/C16H24N2O3/c1-2-17-16-14(9-6-10-15(16)18(19)20)12-21-11-13-7-4-3-5-8-13/h6,9-10,13,17H,2-5,7-8,11-12H2,1H3. The lowest BCUT2D eigenvalue weighted by Gasteiger charge is -2.21. The van der Waals surface area contributed by atoms with Crippen molar-refractivity contribution in [2.75, 3.05) is 18.5 Å². The minimum Gasteiger partial charge on any atom is -0.379 e. The first-order chi connectivity index (χ1) is 10.2. The maximum atomic E-state index is 11.1. The molecule has 0 radical (unpaired) electrons. The Morgan fingerprint density at radius 1 is 1.33 bits per heavy atom. The van der Waals surface area contributed by atoms with Gasteiger partial charge in [0.05, 0.1) is 11.5 Å². The van der Waals surface area contributed by atoms with Crippen LogP contribution in [0.5, 0.6) is 0 Å². The molecule has 2 rings (SSSR count). The average molecular weight is 292 g/mol. The van der Waals surface area contributed by atoms with Gasteiger partial charge in [-0.15, -0.1) is 0 Å². The molecule has 1 aliphatic carbocycles. The summed E-state index contributed by atoms with van der Waals surface area (Å²) in [6.45, 7) is 3.78. The first-order valence-electron chi connectivity index (χ1n) is 7.80. The first-order valence-corrected chi connectivity index (χ1v) is 7.80. The number of nitro groups is 1. The normalized spacial score (nSPS) is 15.9. The smallest absolute Gasteiger partial charge is 0.292 e. The fourth-order valence-corrected chi connectivity index (χ4v) is 2.93. The van der Waals surface area contributed by atoms with Crippen LogP contribution >= 0.6 is 0 Å². The Bertz CT molecular complexity index is 471. The highest BCUT2D eigenvalue weighted by molar-refractivity contribution is 5.66. The zero-order chi connectivity index (χ0) is 15.1. The molecule has 0 unspecified atom stereocenters. The SMILES string of the molecule is CCNc1c(COCC2CCCCC2)cccc1[N+](=O)[O-]. The Kier molecular flexibility index (Phi) is 5.99. The van der Waals surface area contributed by atoms with Crippen LogP contribution in [0.3, 0.4) is 0 Å². The van der Waals surface area contributed by atoms with Gasteiger partial charge in [-0.1, -0.05) is 31.4 Å². The number of ether oxygens (including phenoxy) is 1. The molecule has 21 heavy (non-hydrogen) atoms. The van der Waals surface area contributed by atoms with E-state index in [1.54, 1.807) is 6.07 Å². The van der Waals surface area contributed by atoms with E-state index in [1.165, 1.54) is 38.2 Å². The molecular weight excluding hydrogens is 268 g/mol. The highest BCUT2D eigenvalue weighted by atomic mass is 16.6. The number of nitro benzene ring substituents is 1. The first kappa shape index (κ1) is 15.8. The Balaban J connectivity index is 1.98. The summed E-state index contributed by atoms with van der Waals surface area (Å²) in [6, 6.07) is 5.15. The van der Waals surface area contributed by atoms with Gasteiger partial charge >= 0.3 is 0 Å². The summed E-state index contributed by atoms with van der Waals surface area (Å²) in [4.78, 5) is 10.8. The Labute approximate surface area is 125 Å². The van der Waals surface area contributed by atoms with Crippen molar-refractivity contribution < 1.29 is 9.66 Å². The maximum absolute atomic E-state index is 11.1. The summed E-state index contributed by atoms with van der Waals surface area (Å²) in [5.74, 6) is 0.653. The lowest BCUT2D eigenvalue weighted by atomic mass is 9.90. The largest absolute Gasteiger partial charge is 0.379 e. The molecule has 0 bridgehead atoms. The second-order valence-corrected chi connectivity index (χ2v) is 5.62. The molecule has 0 heterocycles. The summed E-state index contributed by atoms with van der Waals surface area (Å²) >= 11 is 0. The summed E-state index contributed by atoms with van der Waals surface area (Å²) in [5, 5.41) is 14.2. The number of anilines is 1. The van der Waals surface area contributed by atoms with Gasteiger partial charge in [0.15, 0.2) is 0 Å². The molecule has 0 saturated heterocycles. The van der Waals surface area contributed by atoms with Gasteiger partial charge in [0, 0.05) is 24.8 Å². The topological polar surface area (TPSA) is 64.4 Å². The van der Waals surface area contributed by atoms with Crippen LogP contribution < -0.4 is 5.32 Å². The van der Waals surface area contributed by atoms with Crippen LogP contribution in [0.4, 0.5) is 11.4 Å². The van der Waals surface area contributed by atoms with Crippen LogP contribution in [0.1, 0.15) is 44.6 Å². The predicted octanol–water partition coefficient (Wildman–Crippen LogP) is 4.12. The van der Waals surface area contributed by atoms with Gasteiger partial charge in [0.1, 0.15) is 5.69 Å². The molecule has 0 aromatic heterocycles. The summed E-state index contributed by atoms with van der Waals surface area (Å²) in [5.41, 5.74) is 1.58. The van der Waals surface area contributed by atoms with E-state index in [-0.39, 0.29) is 10.6 Å². The van der Waals surface area contributed by atoms with Crippen molar-refractivity contribution in [3.8, 4) is 0 Å². The number of hydrogen-bond acceptors (Lipinski definition) is 4. The average Bonchev–Trinajstić information content (AvgIpc) is 2.50. The quantitative estimate of drug-likeness (QED) is 0.606. The van der Waals surface area contributed by atoms with Crippen LogP contribution in [-0.2, 0) is 11.3 Å². The molecule has 1 aromatic carbocycles. The third-order valence-corrected chi connectivity index (χ3v) is 4.01. The second-order valence-electron chi connectivity index (χ2n) is 5.62. The van der Waals surface area contributed by atoms with Crippen LogP contribution in [0.2, 0.25) is 0 Å². The van der Waals surface area contributed by atoms with Crippen molar-refractivity contribution in [1.82, 2.24) is 0 Å². The zero-order valence-electron chi connectivity index (χ0n) is 12.6. The van der Waals surface area contributed by atoms with Crippen LogP contribution in [-0.4, -0.2) is 18.1 Å². The lowest BCUT2D eigenvalue weighted by molar-refractivity contribution is -0.384. The number of nitrogens with one attached hydrogen (secondary N) is 1. The van der Waals surface area contributed by atoms with Gasteiger partial charge in [-0.05, 0) is 25.7 Å². The monoisotopic (exact) mass is 292 g/mol. The van der Waals surface area contributed by atoms with Crippen molar-refractivity contribution in [2.24, 2.45) is 5.92 Å². The predicted molar refractivity (Wildman–Crippen MR) is 83.5 cm³/mol. The molecule has 1 N–H and O–H groups in total. The van der Waals surface area contributed by atoms with E-state index in [4.69, 9.17) is 4.74 Å². The number of hydrogen-bond donors (Lipinski definition) is 1. The van der Waals surface area contributed by atoms with Crippen LogP contribution in [0.15, 0.2) is 18.2 Å².